The minimum absolute atomic E-state index is 0.169. The van der Waals surface area contributed by atoms with Gasteiger partial charge in [0.25, 0.3) is 5.56 Å². The molecule has 3 rings (SSSR count). The highest BCUT2D eigenvalue weighted by Gasteiger charge is 2.12. The number of hydrogen-bond donors (Lipinski definition) is 1. The Morgan fingerprint density at radius 2 is 1.83 bits per heavy atom. The van der Waals surface area contributed by atoms with Crippen LogP contribution in [0.5, 0.6) is 0 Å². The molecule has 5 nitrogen and oxygen atoms in total. The standard InChI is InChI=1S/C19H21N3O2/c1-21(12-15-7-3-2-4-8-15)13-17(23)14-22-19(24)18-10-6-5-9-16(18)11-20-22/h2-11,17,23H,12-14H2,1H3. The van der Waals surface area contributed by atoms with Crippen LogP contribution in [-0.2, 0) is 13.1 Å². The summed E-state index contributed by atoms with van der Waals surface area (Å²) in [5, 5.41) is 15.9. The molecule has 0 saturated heterocycles. The topological polar surface area (TPSA) is 58.4 Å². The smallest absolute Gasteiger partial charge is 0.274 e. The third-order valence-corrected chi connectivity index (χ3v) is 3.96. The van der Waals surface area contributed by atoms with Gasteiger partial charge in [-0.3, -0.25) is 9.69 Å². The van der Waals surface area contributed by atoms with Crippen molar-refractivity contribution in [2.75, 3.05) is 13.6 Å². The Labute approximate surface area is 140 Å². The molecule has 1 unspecified atom stereocenters. The quantitative estimate of drug-likeness (QED) is 0.753. The zero-order valence-electron chi connectivity index (χ0n) is 13.7. The lowest BCUT2D eigenvalue weighted by Crippen LogP contribution is -2.35. The van der Waals surface area contributed by atoms with Crippen molar-refractivity contribution in [3.8, 4) is 0 Å². The molecule has 0 bridgehead atoms. The van der Waals surface area contributed by atoms with E-state index in [1.807, 2.05) is 48.3 Å². The summed E-state index contributed by atoms with van der Waals surface area (Å²) in [6.07, 6.45) is 1.00. The summed E-state index contributed by atoms with van der Waals surface area (Å²) < 4.78 is 1.34. The van der Waals surface area contributed by atoms with Gasteiger partial charge in [-0.05, 0) is 18.7 Å². The second-order valence-corrected chi connectivity index (χ2v) is 6.06. The van der Waals surface area contributed by atoms with E-state index in [2.05, 4.69) is 17.2 Å². The maximum Gasteiger partial charge on any atom is 0.274 e. The highest BCUT2D eigenvalue weighted by Crippen LogP contribution is 2.07. The minimum Gasteiger partial charge on any atom is -0.390 e. The van der Waals surface area contributed by atoms with Crippen molar-refractivity contribution < 1.29 is 5.11 Å². The van der Waals surface area contributed by atoms with Crippen LogP contribution < -0.4 is 5.56 Å². The van der Waals surface area contributed by atoms with Crippen molar-refractivity contribution in [1.82, 2.24) is 14.7 Å². The van der Waals surface area contributed by atoms with Crippen molar-refractivity contribution >= 4 is 10.8 Å². The maximum atomic E-state index is 12.4. The lowest BCUT2D eigenvalue weighted by molar-refractivity contribution is 0.102. The first-order valence-corrected chi connectivity index (χ1v) is 7.99. The van der Waals surface area contributed by atoms with E-state index in [-0.39, 0.29) is 12.1 Å². The molecule has 0 saturated carbocycles. The number of hydrogen-bond acceptors (Lipinski definition) is 4. The summed E-state index contributed by atoms with van der Waals surface area (Å²) in [4.78, 5) is 14.5. The minimum atomic E-state index is -0.662. The number of benzene rings is 2. The fourth-order valence-electron chi connectivity index (χ4n) is 2.83. The Bertz CT molecular complexity index is 861. The van der Waals surface area contributed by atoms with Crippen molar-refractivity contribution in [3.05, 3.63) is 76.7 Å². The first-order valence-electron chi connectivity index (χ1n) is 7.99. The number of fused-ring (bicyclic) bond motifs is 1. The molecular weight excluding hydrogens is 302 g/mol. The third-order valence-electron chi connectivity index (χ3n) is 3.96. The van der Waals surface area contributed by atoms with Crippen molar-refractivity contribution in [2.24, 2.45) is 0 Å². The molecule has 1 heterocycles. The van der Waals surface area contributed by atoms with Crippen LogP contribution in [0, 0.1) is 0 Å². The average Bonchev–Trinajstić information content (AvgIpc) is 2.58. The molecule has 0 fully saturated rings. The summed E-state index contributed by atoms with van der Waals surface area (Å²) in [6, 6.07) is 17.4. The molecule has 5 heteroatoms. The molecule has 0 radical (unpaired) electrons. The molecule has 0 spiro atoms. The van der Waals surface area contributed by atoms with E-state index in [1.165, 1.54) is 10.2 Å². The van der Waals surface area contributed by atoms with Crippen LogP contribution in [0.2, 0.25) is 0 Å². The zero-order chi connectivity index (χ0) is 16.9. The first kappa shape index (κ1) is 16.4. The van der Waals surface area contributed by atoms with Crippen LogP contribution in [0.1, 0.15) is 5.56 Å². The Balaban J connectivity index is 1.65. The summed E-state index contributed by atoms with van der Waals surface area (Å²) in [5.74, 6) is 0. The molecule has 0 aliphatic rings. The Kier molecular flexibility index (Phi) is 5.03. The van der Waals surface area contributed by atoms with E-state index >= 15 is 0 Å². The summed E-state index contributed by atoms with van der Waals surface area (Å²) >= 11 is 0. The van der Waals surface area contributed by atoms with Gasteiger partial charge < -0.3 is 5.11 Å². The van der Waals surface area contributed by atoms with Gasteiger partial charge >= 0.3 is 0 Å². The van der Waals surface area contributed by atoms with Crippen LogP contribution in [0.25, 0.3) is 10.8 Å². The number of aliphatic hydroxyl groups is 1. The summed E-state index contributed by atoms with van der Waals surface area (Å²) in [6.45, 7) is 1.40. The van der Waals surface area contributed by atoms with Crippen molar-refractivity contribution in [1.29, 1.82) is 0 Å². The normalized spacial score (nSPS) is 12.6. The molecule has 24 heavy (non-hydrogen) atoms. The third kappa shape index (κ3) is 3.88. The van der Waals surface area contributed by atoms with E-state index in [0.29, 0.717) is 11.9 Å². The number of aliphatic hydroxyl groups excluding tert-OH is 1. The van der Waals surface area contributed by atoms with Crippen molar-refractivity contribution in [2.45, 2.75) is 19.2 Å². The SMILES string of the molecule is CN(Cc1ccccc1)CC(O)Cn1ncc2ccccc2c1=O. The predicted octanol–water partition coefficient (Wildman–Crippen LogP) is 1.89. The highest BCUT2D eigenvalue weighted by atomic mass is 16.3. The van der Waals surface area contributed by atoms with E-state index in [4.69, 9.17) is 0 Å². The van der Waals surface area contributed by atoms with Gasteiger partial charge in [0, 0.05) is 18.5 Å². The lowest BCUT2D eigenvalue weighted by atomic mass is 10.2. The molecule has 0 aliphatic heterocycles. The van der Waals surface area contributed by atoms with E-state index in [9.17, 15) is 9.90 Å². The van der Waals surface area contributed by atoms with Gasteiger partial charge in [-0.15, -0.1) is 0 Å². The summed E-state index contributed by atoms with van der Waals surface area (Å²) in [5.41, 5.74) is 1.02. The van der Waals surface area contributed by atoms with Crippen molar-refractivity contribution in [3.63, 3.8) is 0 Å². The number of aromatic nitrogens is 2. The van der Waals surface area contributed by atoms with E-state index in [0.717, 1.165) is 11.9 Å². The lowest BCUT2D eigenvalue weighted by Gasteiger charge is -2.21. The van der Waals surface area contributed by atoms with E-state index in [1.54, 1.807) is 12.3 Å². The Morgan fingerprint density at radius 1 is 1.12 bits per heavy atom. The molecule has 124 valence electrons. The van der Waals surface area contributed by atoms with Gasteiger partial charge in [-0.1, -0.05) is 48.5 Å². The van der Waals surface area contributed by atoms with Crippen LogP contribution in [0.15, 0.2) is 65.6 Å². The van der Waals surface area contributed by atoms with Crippen LogP contribution >= 0.6 is 0 Å². The monoisotopic (exact) mass is 323 g/mol. The second kappa shape index (κ2) is 7.38. The van der Waals surface area contributed by atoms with Crippen LogP contribution in [-0.4, -0.2) is 39.5 Å². The molecule has 0 aliphatic carbocycles. The maximum absolute atomic E-state index is 12.4. The molecule has 2 aromatic carbocycles. The second-order valence-electron chi connectivity index (χ2n) is 6.06. The summed E-state index contributed by atoms with van der Waals surface area (Å²) in [7, 11) is 1.95. The van der Waals surface area contributed by atoms with Gasteiger partial charge in [0.05, 0.1) is 24.2 Å². The van der Waals surface area contributed by atoms with Gasteiger partial charge in [-0.25, -0.2) is 4.68 Å². The number of likely N-dealkylation sites (N-methyl/N-ethyl adjacent to an activating group) is 1. The average molecular weight is 323 g/mol. The fraction of sp³-hybridized carbons (Fsp3) is 0.263. The zero-order valence-corrected chi connectivity index (χ0v) is 13.7. The molecule has 1 aromatic heterocycles. The largest absolute Gasteiger partial charge is 0.390 e. The fourth-order valence-corrected chi connectivity index (χ4v) is 2.83. The predicted molar refractivity (Wildman–Crippen MR) is 94.8 cm³/mol. The molecule has 3 aromatic rings. The molecule has 0 amide bonds. The molecule has 1 N–H and O–H groups in total. The van der Waals surface area contributed by atoms with Gasteiger partial charge in [0.15, 0.2) is 0 Å². The number of rotatable bonds is 6. The molecule has 1 atom stereocenters. The van der Waals surface area contributed by atoms with Crippen LogP contribution in [0.3, 0.4) is 0 Å². The Hall–Kier alpha value is -2.50. The van der Waals surface area contributed by atoms with Crippen LogP contribution in [0.4, 0.5) is 0 Å². The number of nitrogens with zero attached hydrogens (tertiary/aromatic N) is 3. The van der Waals surface area contributed by atoms with Gasteiger partial charge in [-0.2, -0.15) is 5.10 Å². The molecular formula is C19H21N3O2. The van der Waals surface area contributed by atoms with Gasteiger partial charge in [0.1, 0.15) is 0 Å². The van der Waals surface area contributed by atoms with E-state index < -0.39 is 6.10 Å². The Morgan fingerprint density at radius 3 is 2.62 bits per heavy atom. The van der Waals surface area contributed by atoms with Gasteiger partial charge in [0.2, 0.25) is 0 Å². The first-order chi connectivity index (χ1) is 11.6. The highest BCUT2D eigenvalue weighted by molar-refractivity contribution is 5.80.